The van der Waals surface area contributed by atoms with Gasteiger partial charge in [0.25, 0.3) is 5.91 Å². The minimum absolute atomic E-state index is 0.0247. The molecule has 0 atom stereocenters. The predicted molar refractivity (Wildman–Crippen MR) is 71.2 cm³/mol. The Hall–Kier alpha value is -1.82. The van der Waals surface area contributed by atoms with E-state index in [1.165, 1.54) is 6.07 Å². The Balaban J connectivity index is 2.64. The highest BCUT2D eigenvalue weighted by atomic mass is 35.5. The summed E-state index contributed by atoms with van der Waals surface area (Å²) in [6.45, 7) is 4.12. The van der Waals surface area contributed by atoms with E-state index >= 15 is 0 Å². The first kappa shape index (κ1) is 15.2. The van der Waals surface area contributed by atoms with Gasteiger partial charge in [0, 0.05) is 11.3 Å². The molecule has 0 aromatic carbocycles. The molecule has 0 aliphatic heterocycles. The number of pyridine rings is 1. The number of rotatable bonds is 5. The molecular weight excluding hydrogens is 270 g/mol. The summed E-state index contributed by atoms with van der Waals surface area (Å²) in [4.78, 5) is 26.3. The average molecular weight is 286 g/mol. The molecule has 2 amide bonds. The summed E-state index contributed by atoms with van der Waals surface area (Å²) in [6.07, 6.45) is -0.872. The highest BCUT2D eigenvalue weighted by Crippen LogP contribution is 2.17. The van der Waals surface area contributed by atoms with Crippen molar-refractivity contribution in [1.82, 2.24) is 10.3 Å². The van der Waals surface area contributed by atoms with Gasteiger partial charge in [0.15, 0.2) is 0 Å². The molecule has 0 aliphatic carbocycles. The van der Waals surface area contributed by atoms with Gasteiger partial charge < -0.3 is 15.8 Å². The molecule has 0 fully saturated rings. The maximum absolute atomic E-state index is 11.8. The molecule has 0 spiro atoms. The highest BCUT2D eigenvalue weighted by Gasteiger charge is 2.11. The van der Waals surface area contributed by atoms with Crippen molar-refractivity contribution in [1.29, 1.82) is 0 Å². The Kier molecular flexibility index (Phi) is 5.57. The van der Waals surface area contributed by atoms with Crippen LogP contribution in [0.4, 0.5) is 4.79 Å². The number of aromatic nitrogens is 1. The number of primary amides is 1. The number of nitrogens with one attached hydrogen (secondary N) is 1. The minimum atomic E-state index is -0.872. The third-order valence-electron chi connectivity index (χ3n) is 2.30. The zero-order valence-electron chi connectivity index (χ0n) is 10.8. The Bertz CT molecular complexity index is 477. The number of halogens is 1. The van der Waals surface area contributed by atoms with Gasteiger partial charge in [-0.05, 0) is 18.1 Å². The molecule has 0 unspecified atom stereocenters. The molecule has 6 nitrogen and oxygen atoms in total. The van der Waals surface area contributed by atoms with Crippen LogP contribution < -0.4 is 11.1 Å². The Morgan fingerprint density at radius 3 is 2.74 bits per heavy atom. The van der Waals surface area contributed by atoms with E-state index in [4.69, 9.17) is 17.3 Å². The number of hydrogen-bond donors (Lipinski definition) is 2. The van der Waals surface area contributed by atoms with Crippen molar-refractivity contribution < 1.29 is 14.3 Å². The molecular formula is C12H16ClN3O3. The Morgan fingerprint density at radius 1 is 1.47 bits per heavy atom. The van der Waals surface area contributed by atoms with Gasteiger partial charge >= 0.3 is 6.09 Å². The lowest BCUT2D eigenvalue weighted by molar-refractivity contribution is 0.0936. The SMILES string of the molecule is CC(C)c1cc(C(=O)NCCOC(N)=O)cc(Cl)n1. The fourth-order valence-electron chi connectivity index (χ4n) is 1.36. The summed E-state index contributed by atoms with van der Waals surface area (Å²) in [6, 6.07) is 3.17. The van der Waals surface area contributed by atoms with Gasteiger partial charge in [-0.3, -0.25) is 4.79 Å². The minimum Gasteiger partial charge on any atom is -0.448 e. The van der Waals surface area contributed by atoms with E-state index in [2.05, 4.69) is 15.0 Å². The maximum Gasteiger partial charge on any atom is 0.404 e. The van der Waals surface area contributed by atoms with E-state index in [1.807, 2.05) is 13.8 Å². The first-order valence-electron chi connectivity index (χ1n) is 5.78. The van der Waals surface area contributed by atoms with Crippen LogP contribution in [-0.4, -0.2) is 30.1 Å². The molecule has 7 heteroatoms. The fraction of sp³-hybridized carbons (Fsp3) is 0.417. The van der Waals surface area contributed by atoms with Crippen LogP contribution in [0, 0.1) is 0 Å². The standard InChI is InChI=1S/C12H16ClN3O3/c1-7(2)9-5-8(6-10(13)16-9)11(17)15-3-4-19-12(14)18/h5-7H,3-4H2,1-2H3,(H2,14,18)(H,15,17). The van der Waals surface area contributed by atoms with Crippen molar-refractivity contribution in [3.8, 4) is 0 Å². The van der Waals surface area contributed by atoms with E-state index in [0.717, 1.165) is 5.69 Å². The van der Waals surface area contributed by atoms with Crippen LogP contribution in [0.1, 0.15) is 35.8 Å². The van der Waals surface area contributed by atoms with Gasteiger partial charge in [0.2, 0.25) is 0 Å². The molecule has 1 rings (SSSR count). The number of ether oxygens (including phenoxy) is 1. The topological polar surface area (TPSA) is 94.3 Å². The Morgan fingerprint density at radius 2 is 2.16 bits per heavy atom. The third-order valence-corrected chi connectivity index (χ3v) is 2.49. The lowest BCUT2D eigenvalue weighted by atomic mass is 10.1. The van der Waals surface area contributed by atoms with Crippen LogP contribution in [0.3, 0.4) is 0 Å². The molecule has 0 bridgehead atoms. The molecule has 0 radical (unpaired) electrons. The fourth-order valence-corrected chi connectivity index (χ4v) is 1.58. The van der Waals surface area contributed by atoms with Gasteiger partial charge in [-0.15, -0.1) is 0 Å². The highest BCUT2D eigenvalue weighted by molar-refractivity contribution is 6.29. The monoisotopic (exact) mass is 285 g/mol. The van der Waals surface area contributed by atoms with Crippen molar-refractivity contribution in [3.63, 3.8) is 0 Å². The predicted octanol–water partition coefficient (Wildman–Crippen LogP) is 1.68. The van der Waals surface area contributed by atoms with Gasteiger partial charge in [-0.25, -0.2) is 9.78 Å². The normalized spacial score (nSPS) is 10.3. The van der Waals surface area contributed by atoms with Gasteiger partial charge in [-0.2, -0.15) is 0 Å². The number of carbonyl (C=O) groups excluding carboxylic acids is 2. The van der Waals surface area contributed by atoms with Crippen molar-refractivity contribution in [2.45, 2.75) is 19.8 Å². The van der Waals surface area contributed by atoms with Gasteiger partial charge in [-0.1, -0.05) is 25.4 Å². The summed E-state index contributed by atoms with van der Waals surface area (Å²) in [5.41, 5.74) is 5.95. The second-order valence-corrected chi connectivity index (χ2v) is 4.57. The van der Waals surface area contributed by atoms with Crippen molar-refractivity contribution in [2.24, 2.45) is 5.73 Å². The van der Waals surface area contributed by atoms with Crippen LogP contribution in [0.2, 0.25) is 5.15 Å². The lowest BCUT2D eigenvalue weighted by Crippen LogP contribution is -2.29. The van der Waals surface area contributed by atoms with Crippen LogP contribution in [0.5, 0.6) is 0 Å². The van der Waals surface area contributed by atoms with Crippen LogP contribution in [-0.2, 0) is 4.74 Å². The summed E-state index contributed by atoms with van der Waals surface area (Å²) >= 11 is 5.86. The second kappa shape index (κ2) is 6.94. The number of hydrogen-bond acceptors (Lipinski definition) is 4. The van der Waals surface area contributed by atoms with E-state index in [9.17, 15) is 9.59 Å². The molecule has 1 aromatic heterocycles. The smallest absolute Gasteiger partial charge is 0.404 e. The maximum atomic E-state index is 11.8. The molecule has 1 aromatic rings. The molecule has 3 N–H and O–H groups in total. The number of amides is 2. The van der Waals surface area contributed by atoms with E-state index in [0.29, 0.717) is 5.56 Å². The van der Waals surface area contributed by atoms with Gasteiger partial charge in [0.05, 0.1) is 6.54 Å². The van der Waals surface area contributed by atoms with E-state index in [-0.39, 0.29) is 30.1 Å². The largest absolute Gasteiger partial charge is 0.448 e. The zero-order chi connectivity index (χ0) is 14.4. The summed E-state index contributed by atoms with van der Waals surface area (Å²) in [7, 11) is 0. The summed E-state index contributed by atoms with van der Waals surface area (Å²) in [5.74, 6) is -0.136. The van der Waals surface area contributed by atoms with Gasteiger partial charge in [0.1, 0.15) is 11.8 Å². The molecule has 1 heterocycles. The van der Waals surface area contributed by atoms with Crippen LogP contribution in [0.15, 0.2) is 12.1 Å². The average Bonchev–Trinajstić information content (AvgIpc) is 2.33. The second-order valence-electron chi connectivity index (χ2n) is 4.18. The van der Waals surface area contributed by atoms with Crippen molar-refractivity contribution in [3.05, 3.63) is 28.5 Å². The Labute approximate surface area is 116 Å². The van der Waals surface area contributed by atoms with E-state index < -0.39 is 6.09 Å². The lowest BCUT2D eigenvalue weighted by Gasteiger charge is -2.09. The quantitative estimate of drug-likeness (QED) is 0.636. The molecule has 0 saturated heterocycles. The summed E-state index contributed by atoms with van der Waals surface area (Å²) < 4.78 is 4.50. The van der Waals surface area contributed by atoms with Crippen LogP contribution >= 0.6 is 11.6 Å². The first-order chi connectivity index (χ1) is 8.90. The molecule has 0 saturated carbocycles. The number of nitrogens with zero attached hydrogens (tertiary/aromatic N) is 1. The summed E-state index contributed by atoms with van der Waals surface area (Å²) in [5, 5.41) is 2.86. The molecule has 19 heavy (non-hydrogen) atoms. The van der Waals surface area contributed by atoms with Crippen LogP contribution in [0.25, 0.3) is 0 Å². The van der Waals surface area contributed by atoms with Crippen molar-refractivity contribution >= 4 is 23.6 Å². The van der Waals surface area contributed by atoms with E-state index in [1.54, 1.807) is 6.07 Å². The van der Waals surface area contributed by atoms with Crippen molar-refractivity contribution in [2.75, 3.05) is 13.2 Å². The zero-order valence-corrected chi connectivity index (χ0v) is 11.5. The third kappa shape index (κ3) is 5.13. The first-order valence-corrected chi connectivity index (χ1v) is 6.16. The molecule has 104 valence electrons. The number of carbonyl (C=O) groups is 2. The molecule has 0 aliphatic rings. The number of nitrogens with two attached hydrogens (primary N) is 1.